The molecule has 0 bridgehead atoms. The fourth-order valence-electron chi connectivity index (χ4n) is 3.18. The van der Waals surface area contributed by atoms with E-state index in [-0.39, 0.29) is 18.6 Å². The molecule has 5 nitrogen and oxygen atoms in total. The first kappa shape index (κ1) is 18.8. The zero-order valence-electron chi connectivity index (χ0n) is 14.7. The van der Waals surface area contributed by atoms with E-state index in [9.17, 15) is 18.4 Å². The fraction of sp³-hybridized carbons (Fsp3) is 0.300. The number of cyclic esters (lactones) is 1. The second kappa shape index (κ2) is 7.73. The molecule has 0 aromatic heterocycles. The summed E-state index contributed by atoms with van der Waals surface area (Å²) >= 11 is 0. The first-order valence-corrected chi connectivity index (χ1v) is 8.57. The summed E-state index contributed by atoms with van der Waals surface area (Å²) in [4.78, 5) is 25.9. The first-order valence-electron chi connectivity index (χ1n) is 8.57. The second-order valence-corrected chi connectivity index (χ2v) is 6.64. The maximum absolute atomic E-state index is 13.5. The van der Waals surface area contributed by atoms with Crippen molar-refractivity contribution in [3.63, 3.8) is 0 Å². The van der Waals surface area contributed by atoms with Gasteiger partial charge in [-0.05, 0) is 36.1 Å². The number of carbonyl (C=O) groups is 2. The molecule has 1 aliphatic heterocycles. The number of carbonyl (C=O) groups excluding carboxylic acids is 2. The third-order valence-corrected chi connectivity index (χ3v) is 4.55. The van der Waals surface area contributed by atoms with Crippen LogP contribution in [0.4, 0.5) is 13.6 Å². The number of nitrogens with zero attached hydrogens (tertiary/aromatic N) is 1. The van der Waals surface area contributed by atoms with Crippen molar-refractivity contribution in [2.75, 3.05) is 6.61 Å². The van der Waals surface area contributed by atoms with Crippen LogP contribution in [0.15, 0.2) is 42.5 Å². The maximum atomic E-state index is 13.5. The van der Waals surface area contributed by atoms with E-state index in [1.165, 1.54) is 0 Å². The van der Waals surface area contributed by atoms with Gasteiger partial charge in [0.25, 0.3) is 0 Å². The summed E-state index contributed by atoms with van der Waals surface area (Å²) in [6.07, 6.45) is -0.224. The predicted molar refractivity (Wildman–Crippen MR) is 93.0 cm³/mol. The van der Waals surface area contributed by atoms with Crippen molar-refractivity contribution in [1.82, 2.24) is 4.90 Å². The summed E-state index contributed by atoms with van der Waals surface area (Å²) in [5.41, 5.74) is 1.18. The Balaban J connectivity index is 1.73. The maximum Gasteiger partial charge on any atom is 0.416 e. The van der Waals surface area contributed by atoms with Crippen LogP contribution in [-0.2, 0) is 22.4 Å². The number of rotatable bonds is 5. The van der Waals surface area contributed by atoms with Crippen LogP contribution < -0.4 is 0 Å². The Kier molecular flexibility index (Phi) is 5.39. The highest BCUT2D eigenvalue weighted by Crippen LogP contribution is 2.25. The largest absolute Gasteiger partial charge is 0.503 e. The molecule has 1 saturated heterocycles. The van der Waals surface area contributed by atoms with Gasteiger partial charge in [-0.1, -0.05) is 37.3 Å². The van der Waals surface area contributed by atoms with E-state index < -0.39 is 41.3 Å². The van der Waals surface area contributed by atoms with Crippen molar-refractivity contribution < 1.29 is 28.2 Å². The van der Waals surface area contributed by atoms with Crippen molar-refractivity contribution in [2.45, 2.75) is 25.8 Å². The summed E-state index contributed by atoms with van der Waals surface area (Å²) in [5, 5.41) is 9.17. The highest BCUT2D eigenvalue weighted by Gasteiger charge is 2.39. The Bertz CT molecular complexity index is 833. The van der Waals surface area contributed by atoms with Crippen LogP contribution in [0.1, 0.15) is 18.1 Å². The minimum absolute atomic E-state index is 0.0226. The van der Waals surface area contributed by atoms with E-state index in [1.807, 2.05) is 30.3 Å². The number of phenols is 1. The molecule has 0 spiro atoms. The summed E-state index contributed by atoms with van der Waals surface area (Å²) in [5.74, 6) is -4.40. The van der Waals surface area contributed by atoms with E-state index >= 15 is 0 Å². The van der Waals surface area contributed by atoms with Crippen LogP contribution in [-0.4, -0.2) is 34.7 Å². The number of ether oxygens (including phenoxy) is 1. The SMILES string of the molecule is CC(Cc1cc(F)c(O)c(F)c1)C(=O)N1C(=O)OCC1Cc1ccccc1. The molecule has 0 radical (unpaired) electrons. The highest BCUT2D eigenvalue weighted by atomic mass is 19.1. The molecule has 1 aliphatic rings. The van der Waals surface area contributed by atoms with E-state index in [0.717, 1.165) is 22.6 Å². The lowest BCUT2D eigenvalue weighted by molar-refractivity contribution is -0.132. The summed E-state index contributed by atoms with van der Waals surface area (Å²) in [6, 6.07) is 10.9. The van der Waals surface area contributed by atoms with Gasteiger partial charge in [-0.2, -0.15) is 0 Å². The molecule has 2 atom stereocenters. The van der Waals surface area contributed by atoms with Gasteiger partial charge >= 0.3 is 6.09 Å². The third kappa shape index (κ3) is 4.07. The lowest BCUT2D eigenvalue weighted by Gasteiger charge is -2.23. The van der Waals surface area contributed by atoms with Crippen LogP contribution >= 0.6 is 0 Å². The number of hydrogen-bond donors (Lipinski definition) is 1. The lowest BCUT2D eigenvalue weighted by atomic mass is 9.98. The number of imide groups is 1. The molecule has 3 rings (SSSR count). The number of halogens is 2. The smallest absolute Gasteiger partial charge is 0.416 e. The number of hydrogen-bond acceptors (Lipinski definition) is 4. The Morgan fingerprint density at radius 1 is 1.22 bits per heavy atom. The molecule has 142 valence electrons. The normalized spacial score (nSPS) is 17.7. The van der Waals surface area contributed by atoms with Crippen molar-refractivity contribution in [3.05, 3.63) is 65.2 Å². The molecule has 0 aliphatic carbocycles. The minimum Gasteiger partial charge on any atom is -0.503 e. The summed E-state index contributed by atoms with van der Waals surface area (Å²) in [7, 11) is 0. The van der Waals surface area contributed by atoms with Gasteiger partial charge < -0.3 is 9.84 Å². The molecule has 2 aromatic carbocycles. The van der Waals surface area contributed by atoms with Gasteiger partial charge in [0.05, 0.1) is 6.04 Å². The number of aromatic hydroxyl groups is 1. The molecule has 1 fully saturated rings. The average molecular weight is 375 g/mol. The second-order valence-electron chi connectivity index (χ2n) is 6.64. The molecule has 2 unspecified atom stereocenters. The van der Waals surface area contributed by atoms with E-state index in [4.69, 9.17) is 9.84 Å². The number of benzene rings is 2. The van der Waals surface area contributed by atoms with Gasteiger partial charge in [0, 0.05) is 5.92 Å². The molecule has 27 heavy (non-hydrogen) atoms. The van der Waals surface area contributed by atoms with Crippen molar-refractivity contribution >= 4 is 12.0 Å². The summed E-state index contributed by atoms with van der Waals surface area (Å²) in [6.45, 7) is 1.69. The zero-order chi connectivity index (χ0) is 19.6. The van der Waals surface area contributed by atoms with Crippen molar-refractivity contribution in [3.8, 4) is 5.75 Å². The van der Waals surface area contributed by atoms with Crippen LogP contribution in [0, 0.1) is 17.6 Å². The predicted octanol–water partition coefficient (Wildman–Crippen LogP) is 3.44. The van der Waals surface area contributed by atoms with Gasteiger partial charge in [-0.3, -0.25) is 4.79 Å². The van der Waals surface area contributed by atoms with E-state index in [1.54, 1.807) is 6.92 Å². The van der Waals surface area contributed by atoms with Gasteiger partial charge in [-0.25, -0.2) is 18.5 Å². The standard InChI is InChI=1S/C20H19F2NO4/c1-12(7-14-9-16(21)18(24)17(22)10-14)19(25)23-15(11-27-20(23)26)8-13-5-3-2-4-6-13/h2-6,9-10,12,15,24H,7-8,11H2,1H3. The van der Waals surface area contributed by atoms with Crippen LogP contribution in [0.5, 0.6) is 5.75 Å². The topological polar surface area (TPSA) is 66.8 Å². The molecular formula is C20H19F2NO4. The lowest BCUT2D eigenvalue weighted by Crippen LogP contribution is -2.43. The highest BCUT2D eigenvalue weighted by molar-refractivity contribution is 5.94. The molecule has 0 saturated carbocycles. The molecular weight excluding hydrogens is 356 g/mol. The first-order chi connectivity index (χ1) is 12.9. The van der Waals surface area contributed by atoms with Crippen molar-refractivity contribution in [2.24, 2.45) is 5.92 Å². The number of amides is 2. The van der Waals surface area contributed by atoms with Gasteiger partial charge in [0.1, 0.15) is 6.61 Å². The van der Waals surface area contributed by atoms with E-state index in [2.05, 4.69) is 0 Å². The Morgan fingerprint density at radius 3 is 2.48 bits per heavy atom. The average Bonchev–Trinajstić information content (AvgIpc) is 3.00. The molecule has 1 heterocycles. The monoisotopic (exact) mass is 375 g/mol. The minimum atomic E-state index is -1.09. The van der Waals surface area contributed by atoms with E-state index in [0.29, 0.717) is 6.42 Å². The number of phenolic OH excluding ortho intramolecular Hbond substituents is 1. The van der Waals surface area contributed by atoms with Gasteiger partial charge in [0.15, 0.2) is 17.4 Å². The Labute approximate surface area is 155 Å². The van der Waals surface area contributed by atoms with Gasteiger partial charge in [0.2, 0.25) is 5.91 Å². The quantitative estimate of drug-likeness (QED) is 0.869. The van der Waals surface area contributed by atoms with Crippen LogP contribution in [0.3, 0.4) is 0 Å². The Hall–Kier alpha value is -2.96. The molecule has 7 heteroatoms. The molecule has 1 N–H and O–H groups in total. The van der Waals surface area contributed by atoms with Gasteiger partial charge in [-0.15, -0.1) is 0 Å². The third-order valence-electron chi connectivity index (χ3n) is 4.55. The molecule has 2 aromatic rings. The molecule has 2 amide bonds. The summed E-state index contributed by atoms with van der Waals surface area (Å²) < 4.78 is 32.0. The van der Waals surface area contributed by atoms with Crippen LogP contribution in [0.25, 0.3) is 0 Å². The fourth-order valence-corrected chi connectivity index (χ4v) is 3.18. The zero-order valence-corrected chi connectivity index (χ0v) is 14.7. The Morgan fingerprint density at radius 2 is 1.85 bits per heavy atom. The van der Waals surface area contributed by atoms with Crippen molar-refractivity contribution in [1.29, 1.82) is 0 Å². The van der Waals surface area contributed by atoms with Crippen LogP contribution in [0.2, 0.25) is 0 Å².